The number of carbonyl (C=O) groups excluding carboxylic acids is 2. The van der Waals surface area contributed by atoms with E-state index in [0.717, 1.165) is 27.8 Å². The predicted octanol–water partition coefficient (Wildman–Crippen LogP) is 6.67. The van der Waals surface area contributed by atoms with Gasteiger partial charge >= 0.3 is 12.2 Å². The lowest BCUT2D eigenvalue weighted by Crippen LogP contribution is -2.39. The van der Waals surface area contributed by atoms with Crippen LogP contribution in [0.4, 0.5) is 9.59 Å². The molecule has 0 bridgehead atoms. The Morgan fingerprint density at radius 1 is 1.19 bits per heavy atom. The van der Waals surface area contributed by atoms with Crippen molar-refractivity contribution < 1.29 is 23.8 Å². The summed E-state index contributed by atoms with van der Waals surface area (Å²) in [7, 11) is 1.60. The van der Waals surface area contributed by atoms with E-state index in [1.54, 1.807) is 12.0 Å². The molecular formula is C28H35ClN2O5. The van der Waals surface area contributed by atoms with Crippen molar-refractivity contribution in [1.29, 1.82) is 0 Å². The Morgan fingerprint density at radius 2 is 1.89 bits per heavy atom. The van der Waals surface area contributed by atoms with Crippen LogP contribution in [-0.4, -0.2) is 42.9 Å². The highest BCUT2D eigenvalue weighted by molar-refractivity contribution is 6.31. The zero-order valence-electron chi connectivity index (χ0n) is 21.8. The van der Waals surface area contributed by atoms with Gasteiger partial charge in [-0.15, -0.1) is 0 Å². The number of benzene rings is 2. The molecule has 2 aromatic carbocycles. The summed E-state index contributed by atoms with van der Waals surface area (Å²) in [6.07, 6.45) is 1.76. The van der Waals surface area contributed by atoms with Gasteiger partial charge in [-0.3, -0.25) is 0 Å². The monoisotopic (exact) mass is 514 g/mol. The Morgan fingerprint density at radius 3 is 2.47 bits per heavy atom. The first-order valence-corrected chi connectivity index (χ1v) is 12.4. The van der Waals surface area contributed by atoms with Crippen molar-refractivity contribution in [3.8, 4) is 5.75 Å². The van der Waals surface area contributed by atoms with E-state index in [-0.39, 0.29) is 12.7 Å². The molecule has 1 unspecified atom stereocenters. The molecule has 1 N–H and O–H groups in total. The maximum Gasteiger partial charge on any atom is 0.410 e. The van der Waals surface area contributed by atoms with Gasteiger partial charge in [-0.2, -0.15) is 0 Å². The summed E-state index contributed by atoms with van der Waals surface area (Å²) in [6.45, 7) is 10.5. The van der Waals surface area contributed by atoms with Gasteiger partial charge in [-0.05, 0) is 63.8 Å². The molecule has 1 atom stereocenters. The molecule has 0 fully saturated rings. The molecule has 2 aromatic rings. The number of nitrogens with zero attached hydrogens (tertiary/aromatic N) is 1. The van der Waals surface area contributed by atoms with Crippen LogP contribution in [0.25, 0.3) is 5.57 Å². The minimum atomic E-state index is -0.547. The van der Waals surface area contributed by atoms with Crippen molar-refractivity contribution in [3.63, 3.8) is 0 Å². The summed E-state index contributed by atoms with van der Waals surface area (Å²) >= 11 is 6.63. The number of nitrogens with one attached hydrogen (secondary N) is 1. The number of methoxy groups -OCH3 is 1. The molecule has 1 aliphatic rings. The van der Waals surface area contributed by atoms with E-state index in [1.165, 1.54) is 0 Å². The molecule has 1 aliphatic heterocycles. The lowest BCUT2D eigenvalue weighted by Gasteiger charge is -2.31. The number of rotatable bonds is 6. The molecule has 0 radical (unpaired) electrons. The van der Waals surface area contributed by atoms with Gasteiger partial charge in [0, 0.05) is 29.2 Å². The number of hydrogen-bond acceptors (Lipinski definition) is 5. The third kappa shape index (κ3) is 6.94. The highest BCUT2D eigenvalue weighted by Gasteiger charge is 2.27. The van der Waals surface area contributed by atoms with Crippen molar-refractivity contribution in [2.75, 3.05) is 20.2 Å². The zero-order chi connectivity index (χ0) is 26.5. The fourth-order valence-electron chi connectivity index (χ4n) is 4.08. The molecule has 3 rings (SSSR count). The normalized spacial score (nSPS) is 14.5. The summed E-state index contributed by atoms with van der Waals surface area (Å²) in [4.78, 5) is 26.6. The molecule has 8 heteroatoms. The molecule has 36 heavy (non-hydrogen) atoms. The van der Waals surface area contributed by atoms with Crippen LogP contribution in [0.15, 0.2) is 42.5 Å². The van der Waals surface area contributed by atoms with Crippen molar-refractivity contribution in [3.05, 3.63) is 69.8 Å². The fraction of sp³-hybridized carbons (Fsp3) is 0.429. The first-order chi connectivity index (χ1) is 17.0. The summed E-state index contributed by atoms with van der Waals surface area (Å²) in [5.41, 5.74) is 3.90. The Bertz CT molecular complexity index is 1120. The van der Waals surface area contributed by atoms with Gasteiger partial charge in [0.25, 0.3) is 0 Å². The van der Waals surface area contributed by atoms with Crippen LogP contribution in [0.2, 0.25) is 5.02 Å². The van der Waals surface area contributed by atoms with Crippen LogP contribution in [0.5, 0.6) is 5.75 Å². The Labute approximate surface area is 218 Å². The van der Waals surface area contributed by atoms with E-state index in [1.807, 2.05) is 77.1 Å². The van der Waals surface area contributed by atoms with Gasteiger partial charge in [0.05, 0.1) is 13.2 Å². The van der Waals surface area contributed by atoms with Crippen molar-refractivity contribution >= 4 is 29.4 Å². The smallest absolute Gasteiger partial charge is 0.410 e. The van der Waals surface area contributed by atoms with E-state index in [2.05, 4.69) is 5.32 Å². The first-order valence-electron chi connectivity index (χ1n) is 12.0. The van der Waals surface area contributed by atoms with Crippen LogP contribution in [0, 0.1) is 6.92 Å². The average Bonchev–Trinajstić information content (AvgIpc) is 2.83. The molecule has 0 saturated heterocycles. The van der Waals surface area contributed by atoms with Crippen molar-refractivity contribution in [2.45, 2.75) is 59.3 Å². The minimum Gasteiger partial charge on any atom is -0.496 e. The number of amides is 2. The second kappa shape index (κ2) is 11.7. The SMILES string of the molecule is COc1c(C(C)NC(=O)OCc2ccccc2)cc(Cl)c(C)c1C1=CCN(C(=O)OC(C)(C)C)CC1. The lowest BCUT2D eigenvalue weighted by atomic mass is 9.90. The van der Waals surface area contributed by atoms with Crippen molar-refractivity contribution in [1.82, 2.24) is 10.2 Å². The Balaban J connectivity index is 1.79. The van der Waals surface area contributed by atoms with E-state index in [9.17, 15) is 9.59 Å². The molecule has 0 spiro atoms. The van der Waals surface area contributed by atoms with Gasteiger partial charge < -0.3 is 24.4 Å². The quantitative estimate of drug-likeness (QED) is 0.466. The summed E-state index contributed by atoms with van der Waals surface area (Å²) < 4.78 is 16.7. The number of halogens is 1. The third-order valence-corrected chi connectivity index (χ3v) is 6.30. The fourth-order valence-corrected chi connectivity index (χ4v) is 4.29. The standard InChI is InChI=1S/C28H35ClN2O5/c1-18-23(29)16-22(19(2)30-26(32)35-17-20-10-8-7-9-11-20)25(34-6)24(18)21-12-14-31(15-13-21)27(33)36-28(3,4)5/h7-12,16,19H,13-15,17H2,1-6H3,(H,30,32). The van der Waals surface area contributed by atoms with Crippen LogP contribution in [0.1, 0.15) is 62.4 Å². The predicted molar refractivity (Wildman–Crippen MR) is 141 cm³/mol. The third-order valence-electron chi connectivity index (χ3n) is 5.90. The molecule has 0 saturated carbocycles. The number of carbonyl (C=O) groups is 2. The zero-order valence-corrected chi connectivity index (χ0v) is 22.6. The lowest BCUT2D eigenvalue weighted by molar-refractivity contribution is 0.0270. The van der Waals surface area contributed by atoms with Gasteiger partial charge in [0.15, 0.2) is 0 Å². The Kier molecular flexibility index (Phi) is 8.90. The molecular weight excluding hydrogens is 480 g/mol. The molecule has 1 heterocycles. The largest absolute Gasteiger partial charge is 0.496 e. The van der Waals surface area contributed by atoms with Crippen LogP contribution in [0.3, 0.4) is 0 Å². The van der Waals surface area contributed by atoms with E-state index < -0.39 is 17.7 Å². The topological polar surface area (TPSA) is 77.1 Å². The van der Waals surface area contributed by atoms with Crippen LogP contribution >= 0.6 is 11.6 Å². The van der Waals surface area contributed by atoms with Gasteiger partial charge in [-0.1, -0.05) is 48.0 Å². The Hall–Kier alpha value is -3.19. The number of alkyl carbamates (subject to hydrolysis) is 1. The summed E-state index contributed by atoms with van der Waals surface area (Å²) in [5, 5.41) is 3.44. The van der Waals surface area contributed by atoms with E-state index in [4.69, 9.17) is 25.8 Å². The van der Waals surface area contributed by atoms with Gasteiger partial charge in [0.1, 0.15) is 18.0 Å². The highest BCUT2D eigenvalue weighted by atomic mass is 35.5. The number of ether oxygens (including phenoxy) is 3. The molecule has 7 nitrogen and oxygen atoms in total. The van der Waals surface area contributed by atoms with Gasteiger partial charge in [0.2, 0.25) is 0 Å². The summed E-state index contributed by atoms with van der Waals surface area (Å²) in [5.74, 6) is 0.643. The van der Waals surface area contributed by atoms with E-state index >= 15 is 0 Å². The molecule has 0 aromatic heterocycles. The minimum absolute atomic E-state index is 0.178. The first kappa shape index (κ1) is 27.4. The van der Waals surface area contributed by atoms with Crippen LogP contribution < -0.4 is 10.1 Å². The van der Waals surface area contributed by atoms with Crippen molar-refractivity contribution in [2.24, 2.45) is 0 Å². The molecule has 0 aliphatic carbocycles. The number of hydrogen-bond donors (Lipinski definition) is 1. The van der Waals surface area contributed by atoms with Gasteiger partial charge in [-0.25, -0.2) is 9.59 Å². The molecule has 194 valence electrons. The second-order valence-electron chi connectivity index (χ2n) is 9.81. The maximum absolute atomic E-state index is 12.5. The second-order valence-corrected chi connectivity index (χ2v) is 10.2. The van der Waals surface area contributed by atoms with E-state index in [0.29, 0.717) is 30.3 Å². The maximum atomic E-state index is 12.5. The average molecular weight is 515 g/mol. The molecule has 2 amide bonds. The summed E-state index contributed by atoms with van der Waals surface area (Å²) in [6, 6.07) is 10.9. The highest BCUT2D eigenvalue weighted by Crippen LogP contribution is 2.41. The van der Waals surface area contributed by atoms with Crippen LogP contribution in [-0.2, 0) is 16.1 Å².